The summed E-state index contributed by atoms with van der Waals surface area (Å²) in [5.41, 5.74) is 3.39. The number of hydrazine groups is 1. The van der Waals surface area contributed by atoms with Gasteiger partial charge in [-0.2, -0.15) is 10.4 Å². The molecular weight excluding hydrogens is 437 g/mol. The fourth-order valence-corrected chi connectivity index (χ4v) is 4.50. The number of nitrogens with zero attached hydrogens (tertiary/aromatic N) is 5. The fraction of sp³-hybridized carbons (Fsp3) is 0.375. The van der Waals surface area contributed by atoms with Gasteiger partial charge in [0.2, 0.25) is 5.91 Å². The van der Waals surface area contributed by atoms with Crippen molar-refractivity contribution in [3.63, 3.8) is 0 Å². The number of rotatable bonds is 6. The van der Waals surface area contributed by atoms with Crippen LogP contribution < -0.4 is 16.7 Å². The van der Waals surface area contributed by atoms with Crippen molar-refractivity contribution in [1.29, 1.82) is 5.26 Å². The smallest absolute Gasteiger partial charge is 0.227 e. The predicted molar refractivity (Wildman–Crippen MR) is 126 cm³/mol. The summed E-state index contributed by atoms with van der Waals surface area (Å²) in [5, 5.41) is 14.0. The van der Waals surface area contributed by atoms with E-state index in [0.717, 1.165) is 35.5 Å². The molecule has 0 aromatic heterocycles. The Morgan fingerprint density at radius 2 is 1.97 bits per heavy atom. The molecule has 34 heavy (non-hydrogen) atoms. The van der Waals surface area contributed by atoms with Crippen LogP contribution in [0.5, 0.6) is 0 Å². The average Bonchev–Trinajstić information content (AvgIpc) is 2.85. The zero-order chi connectivity index (χ0) is 24.1. The minimum Gasteiger partial charge on any atom is -0.372 e. The standard InChI is InChI=1S/C24H28FN7O2/c25-22-6-5-20-19(21(22)14-26)7-12-34-23(20)15-30-8-10-31(11-9-30)24(33)13-17-1-3-18(4-2-17)32(28)16-29-27/h1-6,16,23H,7-13,15,27-28H2/b29-16-. The Labute approximate surface area is 197 Å². The van der Waals surface area contributed by atoms with Gasteiger partial charge in [-0.3, -0.25) is 14.7 Å². The first-order chi connectivity index (χ1) is 16.5. The lowest BCUT2D eigenvalue weighted by Gasteiger charge is -2.37. The normalized spacial score (nSPS) is 18.5. The maximum absolute atomic E-state index is 14.0. The summed E-state index contributed by atoms with van der Waals surface area (Å²) in [6.07, 6.45) is 1.96. The zero-order valence-corrected chi connectivity index (χ0v) is 18.9. The Morgan fingerprint density at radius 3 is 2.65 bits per heavy atom. The van der Waals surface area contributed by atoms with Crippen molar-refractivity contribution in [3.05, 3.63) is 64.5 Å². The first-order valence-electron chi connectivity index (χ1n) is 11.2. The molecule has 0 aliphatic carbocycles. The quantitative estimate of drug-likeness (QED) is 0.285. The van der Waals surface area contributed by atoms with Crippen LogP contribution in [0.25, 0.3) is 0 Å². The highest BCUT2D eigenvalue weighted by Crippen LogP contribution is 2.31. The number of hydrogen-bond donors (Lipinski definition) is 2. The molecule has 1 fully saturated rings. The molecule has 1 unspecified atom stereocenters. The van der Waals surface area contributed by atoms with Crippen LogP contribution in [0.1, 0.15) is 28.4 Å². The number of ether oxygens (including phenoxy) is 1. The van der Waals surface area contributed by atoms with Crippen LogP contribution in [0.15, 0.2) is 41.5 Å². The van der Waals surface area contributed by atoms with Crippen molar-refractivity contribution in [2.45, 2.75) is 18.9 Å². The first kappa shape index (κ1) is 23.6. The number of hydrazone groups is 1. The molecule has 10 heteroatoms. The van der Waals surface area contributed by atoms with Crippen molar-refractivity contribution in [1.82, 2.24) is 9.80 Å². The zero-order valence-electron chi connectivity index (χ0n) is 18.9. The van der Waals surface area contributed by atoms with E-state index in [1.54, 1.807) is 6.07 Å². The molecule has 2 aliphatic rings. The molecule has 0 spiro atoms. The van der Waals surface area contributed by atoms with Crippen LogP contribution in [0.4, 0.5) is 10.1 Å². The molecule has 0 radical (unpaired) electrons. The van der Waals surface area contributed by atoms with Gasteiger partial charge in [-0.1, -0.05) is 18.2 Å². The van der Waals surface area contributed by atoms with Crippen LogP contribution in [0, 0.1) is 17.1 Å². The minimum absolute atomic E-state index is 0.0777. The number of benzene rings is 2. The summed E-state index contributed by atoms with van der Waals surface area (Å²) < 4.78 is 20.0. The van der Waals surface area contributed by atoms with Crippen molar-refractivity contribution in [2.75, 3.05) is 44.3 Å². The van der Waals surface area contributed by atoms with Gasteiger partial charge < -0.3 is 15.5 Å². The Morgan fingerprint density at radius 1 is 1.24 bits per heavy atom. The highest BCUT2D eigenvalue weighted by atomic mass is 19.1. The number of amides is 1. The number of halogens is 1. The summed E-state index contributed by atoms with van der Waals surface area (Å²) in [7, 11) is 0. The summed E-state index contributed by atoms with van der Waals surface area (Å²) in [6, 6.07) is 12.4. The van der Waals surface area contributed by atoms with Crippen LogP contribution in [0.2, 0.25) is 0 Å². The Hall–Kier alpha value is -3.52. The van der Waals surface area contributed by atoms with Crippen molar-refractivity contribution >= 4 is 17.9 Å². The lowest BCUT2D eigenvalue weighted by molar-refractivity contribution is -0.132. The second-order valence-electron chi connectivity index (χ2n) is 8.41. The molecule has 4 rings (SSSR count). The van der Waals surface area contributed by atoms with Gasteiger partial charge in [0.05, 0.1) is 30.4 Å². The monoisotopic (exact) mass is 465 g/mol. The number of carbonyl (C=O) groups is 1. The van der Waals surface area contributed by atoms with E-state index < -0.39 is 5.82 Å². The van der Waals surface area contributed by atoms with Crippen molar-refractivity contribution in [3.8, 4) is 6.07 Å². The number of anilines is 1. The van der Waals surface area contributed by atoms with Crippen LogP contribution in [-0.2, 0) is 22.4 Å². The highest BCUT2D eigenvalue weighted by Gasteiger charge is 2.29. The Balaban J connectivity index is 1.30. The van der Waals surface area contributed by atoms with Gasteiger partial charge >= 0.3 is 0 Å². The molecule has 2 aromatic carbocycles. The predicted octanol–water partition coefficient (Wildman–Crippen LogP) is 1.28. The third kappa shape index (κ3) is 5.17. The van der Waals surface area contributed by atoms with Gasteiger partial charge in [-0.05, 0) is 41.3 Å². The maximum atomic E-state index is 14.0. The second-order valence-corrected chi connectivity index (χ2v) is 8.41. The Kier molecular flexibility index (Phi) is 7.37. The van der Waals surface area contributed by atoms with Gasteiger partial charge in [-0.25, -0.2) is 10.2 Å². The number of hydrogen-bond acceptors (Lipinski definition) is 7. The third-order valence-corrected chi connectivity index (χ3v) is 6.36. The topological polar surface area (TPSA) is 124 Å². The van der Waals surface area contributed by atoms with E-state index in [2.05, 4.69) is 10.0 Å². The van der Waals surface area contributed by atoms with Gasteiger partial charge in [0, 0.05) is 32.7 Å². The van der Waals surface area contributed by atoms with E-state index in [1.165, 1.54) is 17.4 Å². The molecule has 1 atom stereocenters. The van der Waals surface area contributed by atoms with Crippen molar-refractivity contribution in [2.24, 2.45) is 16.8 Å². The van der Waals surface area contributed by atoms with Gasteiger partial charge in [0.1, 0.15) is 18.2 Å². The van der Waals surface area contributed by atoms with E-state index in [9.17, 15) is 14.4 Å². The summed E-state index contributed by atoms with van der Waals surface area (Å²) in [5.74, 6) is 10.5. The largest absolute Gasteiger partial charge is 0.372 e. The van der Waals surface area contributed by atoms with Crippen LogP contribution in [-0.4, -0.2) is 61.4 Å². The maximum Gasteiger partial charge on any atom is 0.227 e. The number of nitrogens with two attached hydrogens (primary N) is 2. The van der Waals surface area contributed by atoms with E-state index in [1.807, 2.05) is 35.2 Å². The first-order valence-corrected chi connectivity index (χ1v) is 11.2. The third-order valence-electron chi connectivity index (χ3n) is 6.36. The van der Waals surface area contributed by atoms with Crippen molar-refractivity contribution < 1.29 is 13.9 Å². The van der Waals surface area contributed by atoms with E-state index in [4.69, 9.17) is 16.4 Å². The minimum atomic E-state index is -0.478. The molecule has 0 bridgehead atoms. The van der Waals surface area contributed by atoms with E-state index in [-0.39, 0.29) is 17.6 Å². The molecule has 1 amide bonds. The summed E-state index contributed by atoms with van der Waals surface area (Å²) in [6.45, 7) is 3.84. The van der Waals surface area contributed by atoms with Crippen LogP contribution >= 0.6 is 0 Å². The van der Waals surface area contributed by atoms with Gasteiger partial charge in [0.25, 0.3) is 0 Å². The number of carbonyl (C=O) groups excluding carboxylic acids is 1. The SMILES string of the molecule is N#Cc1c(F)ccc2c1CCOC2CN1CCN(C(=O)Cc2ccc(N(N)/C=N\N)cc2)CC1. The highest BCUT2D eigenvalue weighted by molar-refractivity contribution is 5.80. The van der Waals surface area contributed by atoms with E-state index in [0.29, 0.717) is 39.1 Å². The molecule has 4 N–H and O–H groups in total. The lowest BCUT2D eigenvalue weighted by atomic mass is 9.92. The number of piperazine rings is 1. The summed E-state index contributed by atoms with van der Waals surface area (Å²) >= 11 is 0. The molecule has 2 aliphatic heterocycles. The lowest BCUT2D eigenvalue weighted by Crippen LogP contribution is -2.50. The van der Waals surface area contributed by atoms with Gasteiger partial charge in [0.15, 0.2) is 0 Å². The van der Waals surface area contributed by atoms with Crippen LogP contribution in [0.3, 0.4) is 0 Å². The second kappa shape index (κ2) is 10.6. The average molecular weight is 466 g/mol. The fourth-order valence-electron chi connectivity index (χ4n) is 4.50. The molecular formula is C24H28FN7O2. The molecule has 2 heterocycles. The van der Waals surface area contributed by atoms with Gasteiger partial charge in [-0.15, -0.1) is 0 Å². The van der Waals surface area contributed by atoms with E-state index >= 15 is 0 Å². The molecule has 1 saturated heterocycles. The molecule has 178 valence electrons. The summed E-state index contributed by atoms with van der Waals surface area (Å²) in [4.78, 5) is 16.9. The number of fused-ring (bicyclic) bond motifs is 1. The molecule has 0 saturated carbocycles. The molecule has 2 aromatic rings. The molecule has 9 nitrogen and oxygen atoms in total. The Bertz CT molecular complexity index is 1090. The number of nitriles is 1.